The first-order valence-corrected chi connectivity index (χ1v) is 10.4. The van der Waals surface area contributed by atoms with E-state index in [1.165, 1.54) is 17.4 Å². The van der Waals surface area contributed by atoms with E-state index in [0.29, 0.717) is 17.0 Å². The standard InChI is InChI=1S/C21H23F3N4OS/c1-3-28-19(13(2)11-26-28)15-9-18(30-12-15)20(29)27-17(10-25)8-14-5-4-6-16(7-14)21(22,23)24/h4-7,9,11-12,17H,3,8,10,25H2,1-2H3,(H,27,29)/t17-/m0/s1. The zero-order valence-electron chi connectivity index (χ0n) is 16.7. The van der Waals surface area contributed by atoms with Crippen molar-refractivity contribution in [1.82, 2.24) is 15.1 Å². The van der Waals surface area contributed by atoms with Gasteiger partial charge in [0.2, 0.25) is 0 Å². The molecule has 3 N–H and O–H groups in total. The van der Waals surface area contributed by atoms with Gasteiger partial charge in [-0.2, -0.15) is 18.3 Å². The van der Waals surface area contributed by atoms with Crippen LogP contribution < -0.4 is 11.1 Å². The molecule has 2 aromatic heterocycles. The molecule has 0 bridgehead atoms. The highest BCUT2D eigenvalue weighted by molar-refractivity contribution is 7.12. The quantitative estimate of drug-likeness (QED) is 0.581. The number of benzene rings is 1. The predicted molar refractivity (Wildman–Crippen MR) is 111 cm³/mol. The van der Waals surface area contributed by atoms with E-state index in [2.05, 4.69) is 10.4 Å². The van der Waals surface area contributed by atoms with Gasteiger partial charge in [0.05, 0.1) is 22.3 Å². The Morgan fingerprint density at radius 3 is 2.77 bits per heavy atom. The van der Waals surface area contributed by atoms with Crippen LogP contribution in [0, 0.1) is 6.92 Å². The zero-order valence-corrected chi connectivity index (χ0v) is 17.5. The lowest BCUT2D eigenvalue weighted by Crippen LogP contribution is -2.41. The fourth-order valence-corrected chi connectivity index (χ4v) is 4.08. The Morgan fingerprint density at radius 2 is 2.10 bits per heavy atom. The molecule has 160 valence electrons. The van der Waals surface area contributed by atoms with Crippen LogP contribution in [-0.2, 0) is 19.1 Å². The Hall–Kier alpha value is -2.65. The number of carbonyl (C=O) groups is 1. The van der Waals surface area contributed by atoms with E-state index in [-0.39, 0.29) is 18.9 Å². The Morgan fingerprint density at radius 1 is 1.33 bits per heavy atom. The van der Waals surface area contributed by atoms with Gasteiger partial charge in [-0.05, 0) is 43.5 Å². The SMILES string of the molecule is CCn1ncc(C)c1-c1csc(C(=O)N[C@H](CN)Cc2cccc(C(F)(F)F)c2)c1. The summed E-state index contributed by atoms with van der Waals surface area (Å²) in [7, 11) is 0. The number of nitrogens with one attached hydrogen (secondary N) is 1. The molecule has 3 aromatic rings. The average Bonchev–Trinajstić information content (AvgIpc) is 3.33. The van der Waals surface area contributed by atoms with Gasteiger partial charge in [-0.25, -0.2) is 0 Å². The topological polar surface area (TPSA) is 72.9 Å². The highest BCUT2D eigenvalue weighted by Gasteiger charge is 2.30. The van der Waals surface area contributed by atoms with Crippen LogP contribution in [0.1, 0.15) is 33.3 Å². The molecule has 0 aliphatic heterocycles. The Kier molecular flexibility index (Phi) is 6.62. The normalized spacial score (nSPS) is 12.7. The minimum atomic E-state index is -4.41. The molecule has 1 amide bonds. The van der Waals surface area contributed by atoms with Crippen LogP contribution in [0.15, 0.2) is 41.9 Å². The van der Waals surface area contributed by atoms with Crippen LogP contribution in [-0.4, -0.2) is 28.3 Å². The maximum Gasteiger partial charge on any atom is 0.416 e. The van der Waals surface area contributed by atoms with Crippen molar-refractivity contribution >= 4 is 17.2 Å². The van der Waals surface area contributed by atoms with E-state index in [0.717, 1.165) is 29.0 Å². The molecule has 1 atom stereocenters. The molecule has 0 radical (unpaired) electrons. The van der Waals surface area contributed by atoms with Crippen LogP contribution in [0.3, 0.4) is 0 Å². The fourth-order valence-electron chi connectivity index (χ4n) is 3.28. The summed E-state index contributed by atoms with van der Waals surface area (Å²) in [6, 6.07) is 6.39. The number of amides is 1. The number of nitrogens with zero attached hydrogens (tertiary/aromatic N) is 2. The van der Waals surface area contributed by atoms with Gasteiger partial charge in [-0.3, -0.25) is 9.48 Å². The van der Waals surface area contributed by atoms with Crippen LogP contribution in [0.4, 0.5) is 13.2 Å². The van der Waals surface area contributed by atoms with E-state index in [4.69, 9.17) is 5.73 Å². The maximum absolute atomic E-state index is 12.9. The molecule has 1 aromatic carbocycles. The van der Waals surface area contributed by atoms with Crippen molar-refractivity contribution < 1.29 is 18.0 Å². The van der Waals surface area contributed by atoms with Gasteiger partial charge in [0, 0.05) is 30.1 Å². The van der Waals surface area contributed by atoms with Gasteiger partial charge in [-0.15, -0.1) is 11.3 Å². The van der Waals surface area contributed by atoms with E-state index in [1.807, 2.05) is 23.9 Å². The first-order valence-electron chi connectivity index (χ1n) is 9.51. The van der Waals surface area contributed by atoms with Crippen molar-refractivity contribution in [3.8, 4) is 11.3 Å². The molecule has 2 heterocycles. The second-order valence-electron chi connectivity index (χ2n) is 7.00. The number of carbonyl (C=O) groups excluding carboxylic acids is 1. The van der Waals surface area contributed by atoms with Gasteiger partial charge in [0.1, 0.15) is 0 Å². The lowest BCUT2D eigenvalue weighted by Gasteiger charge is -2.17. The third kappa shape index (κ3) is 4.91. The summed E-state index contributed by atoms with van der Waals surface area (Å²) in [6.07, 6.45) is -2.41. The number of aromatic nitrogens is 2. The summed E-state index contributed by atoms with van der Waals surface area (Å²) in [5.41, 5.74) is 8.41. The number of nitrogens with two attached hydrogens (primary N) is 1. The lowest BCUT2D eigenvalue weighted by atomic mass is 10.0. The number of aryl methyl sites for hydroxylation is 2. The number of alkyl halides is 3. The summed E-state index contributed by atoms with van der Waals surface area (Å²) in [6.45, 7) is 4.79. The first-order chi connectivity index (χ1) is 14.2. The molecule has 0 saturated heterocycles. The maximum atomic E-state index is 12.9. The third-order valence-corrected chi connectivity index (χ3v) is 5.70. The molecule has 0 aliphatic carbocycles. The van der Waals surface area contributed by atoms with Gasteiger partial charge in [0.25, 0.3) is 5.91 Å². The third-order valence-electron chi connectivity index (χ3n) is 4.77. The Balaban J connectivity index is 1.72. The van der Waals surface area contributed by atoms with Gasteiger partial charge < -0.3 is 11.1 Å². The van der Waals surface area contributed by atoms with Crippen molar-refractivity contribution in [3.05, 3.63) is 63.5 Å². The molecule has 0 spiro atoms. The van der Waals surface area contributed by atoms with Crippen molar-refractivity contribution in [2.45, 2.75) is 39.0 Å². The number of rotatable bonds is 7. The van der Waals surface area contributed by atoms with Crippen LogP contribution in [0.5, 0.6) is 0 Å². The van der Waals surface area contributed by atoms with Gasteiger partial charge in [-0.1, -0.05) is 18.2 Å². The summed E-state index contributed by atoms with van der Waals surface area (Å²) in [5, 5.41) is 9.05. The second kappa shape index (κ2) is 9.01. The van der Waals surface area contributed by atoms with E-state index in [1.54, 1.807) is 18.3 Å². The van der Waals surface area contributed by atoms with Crippen LogP contribution in [0.2, 0.25) is 0 Å². The molecule has 3 rings (SSSR count). The molecule has 0 unspecified atom stereocenters. The molecule has 0 fully saturated rings. The number of hydrogen-bond acceptors (Lipinski definition) is 4. The molecule has 9 heteroatoms. The minimum absolute atomic E-state index is 0.113. The Bertz CT molecular complexity index is 1030. The largest absolute Gasteiger partial charge is 0.416 e. The molecule has 30 heavy (non-hydrogen) atoms. The van der Waals surface area contributed by atoms with Crippen molar-refractivity contribution in [3.63, 3.8) is 0 Å². The highest BCUT2D eigenvalue weighted by atomic mass is 32.1. The van der Waals surface area contributed by atoms with E-state index >= 15 is 0 Å². The van der Waals surface area contributed by atoms with E-state index in [9.17, 15) is 18.0 Å². The molecule has 0 saturated carbocycles. The molecular formula is C21H23F3N4OS. The molecule has 0 aliphatic rings. The second-order valence-corrected chi connectivity index (χ2v) is 7.91. The fraction of sp³-hybridized carbons (Fsp3) is 0.333. The molecule has 5 nitrogen and oxygen atoms in total. The minimum Gasteiger partial charge on any atom is -0.347 e. The molecular weight excluding hydrogens is 413 g/mol. The predicted octanol–water partition coefficient (Wildman–Crippen LogP) is 4.26. The monoisotopic (exact) mass is 436 g/mol. The van der Waals surface area contributed by atoms with Gasteiger partial charge >= 0.3 is 6.18 Å². The van der Waals surface area contributed by atoms with Crippen molar-refractivity contribution in [2.75, 3.05) is 6.54 Å². The van der Waals surface area contributed by atoms with Crippen molar-refractivity contribution in [2.24, 2.45) is 5.73 Å². The smallest absolute Gasteiger partial charge is 0.347 e. The number of halogens is 3. The number of hydrogen-bond donors (Lipinski definition) is 2. The summed E-state index contributed by atoms with van der Waals surface area (Å²) >= 11 is 1.31. The van der Waals surface area contributed by atoms with Crippen molar-refractivity contribution in [1.29, 1.82) is 0 Å². The van der Waals surface area contributed by atoms with Crippen LogP contribution >= 0.6 is 11.3 Å². The van der Waals surface area contributed by atoms with Crippen LogP contribution in [0.25, 0.3) is 11.3 Å². The van der Waals surface area contributed by atoms with E-state index < -0.39 is 17.8 Å². The highest BCUT2D eigenvalue weighted by Crippen LogP contribution is 2.30. The summed E-state index contributed by atoms with van der Waals surface area (Å²) in [5.74, 6) is -0.297. The van der Waals surface area contributed by atoms with Gasteiger partial charge in [0.15, 0.2) is 0 Å². The zero-order chi connectivity index (χ0) is 21.9. The Labute approximate surface area is 176 Å². The number of thiophene rings is 1. The summed E-state index contributed by atoms with van der Waals surface area (Å²) < 4.78 is 40.6. The first kappa shape index (κ1) is 22.0. The average molecular weight is 437 g/mol. The summed E-state index contributed by atoms with van der Waals surface area (Å²) in [4.78, 5) is 13.2. The lowest BCUT2D eigenvalue weighted by molar-refractivity contribution is -0.137.